The molecule has 3 heterocycles. The topological polar surface area (TPSA) is 90.0 Å². The van der Waals surface area contributed by atoms with E-state index in [1.165, 1.54) is 0 Å². The molecule has 2 amide bonds. The van der Waals surface area contributed by atoms with Crippen LogP contribution in [0.4, 0.5) is 5.69 Å². The van der Waals surface area contributed by atoms with Crippen LogP contribution < -0.4 is 24.4 Å². The monoisotopic (exact) mass is 493 g/mol. The minimum Gasteiger partial charge on any atom is -0.486 e. The molecule has 0 radical (unpaired) electrons. The summed E-state index contributed by atoms with van der Waals surface area (Å²) in [6.07, 6.45) is 2.27. The minimum absolute atomic E-state index is 0.112. The van der Waals surface area contributed by atoms with Gasteiger partial charge in [-0.05, 0) is 61.4 Å². The third-order valence-electron chi connectivity index (χ3n) is 5.89. The number of hydrogen-bond donors (Lipinski definition) is 1. The van der Waals surface area contributed by atoms with Crippen LogP contribution in [0, 0.1) is 0 Å². The number of rotatable bonds is 6. The summed E-state index contributed by atoms with van der Waals surface area (Å²) in [6.45, 7) is 3.27. The first-order valence-corrected chi connectivity index (χ1v) is 11.8. The fourth-order valence-corrected chi connectivity index (χ4v) is 4.29. The fraction of sp³-hybridized carbons (Fsp3) is 0.269. The summed E-state index contributed by atoms with van der Waals surface area (Å²) in [5.74, 6) is 1.76. The van der Waals surface area contributed by atoms with Gasteiger partial charge in [0, 0.05) is 24.2 Å². The highest BCUT2D eigenvalue weighted by Gasteiger charge is 2.29. The Morgan fingerprint density at radius 1 is 1.11 bits per heavy atom. The molecule has 3 aromatic rings. The van der Waals surface area contributed by atoms with Crippen molar-refractivity contribution >= 4 is 29.1 Å². The van der Waals surface area contributed by atoms with Crippen molar-refractivity contribution in [3.05, 3.63) is 70.9 Å². The fourth-order valence-electron chi connectivity index (χ4n) is 4.13. The van der Waals surface area contributed by atoms with E-state index in [2.05, 4.69) is 10.3 Å². The number of aromatic nitrogens is 1. The van der Waals surface area contributed by atoms with E-state index >= 15 is 0 Å². The van der Waals surface area contributed by atoms with Crippen molar-refractivity contribution in [1.29, 1.82) is 0 Å². The lowest BCUT2D eigenvalue weighted by atomic mass is 10.1. The Labute approximate surface area is 207 Å². The van der Waals surface area contributed by atoms with E-state index in [-0.39, 0.29) is 30.2 Å². The van der Waals surface area contributed by atoms with E-state index in [4.69, 9.17) is 25.8 Å². The van der Waals surface area contributed by atoms with Gasteiger partial charge in [-0.3, -0.25) is 9.59 Å². The molecule has 8 nitrogen and oxygen atoms in total. The van der Waals surface area contributed by atoms with Crippen LogP contribution in [0.15, 0.2) is 54.7 Å². The van der Waals surface area contributed by atoms with Crippen molar-refractivity contribution in [3.8, 4) is 23.1 Å². The van der Waals surface area contributed by atoms with E-state index in [1.807, 2.05) is 25.1 Å². The Hall–Kier alpha value is -3.78. The lowest BCUT2D eigenvalue weighted by molar-refractivity contribution is -0.121. The van der Waals surface area contributed by atoms with Gasteiger partial charge in [0.25, 0.3) is 5.91 Å². The van der Waals surface area contributed by atoms with Gasteiger partial charge < -0.3 is 24.4 Å². The van der Waals surface area contributed by atoms with Gasteiger partial charge in [-0.15, -0.1) is 0 Å². The zero-order valence-electron chi connectivity index (χ0n) is 19.1. The van der Waals surface area contributed by atoms with Crippen LogP contribution in [-0.2, 0) is 4.79 Å². The van der Waals surface area contributed by atoms with Crippen molar-refractivity contribution in [3.63, 3.8) is 0 Å². The van der Waals surface area contributed by atoms with Crippen molar-refractivity contribution in [2.75, 3.05) is 24.7 Å². The predicted octanol–water partition coefficient (Wildman–Crippen LogP) is 4.92. The van der Waals surface area contributed by atoms with Crippen LogP contribution >= 0.6 is 11.6 Å². The zero-order valence-corrected chi connectivity index (χ0v) is 19.9. The number of carbonyl (C=O) groups is 2. The van der Waals surface area contributed by atoms with Gasteiger partial charge in [0.15, 0.2) is 17.2 Å². The maximum absolute atomic E-state index is 13.3. The molecule has 1 aromatic heterocycles. The number of nitrogens with one attached hydrogen (secondary N) is 1. The quantitative estimate of drug-likeness (QED) is 0.524. The molecule has 0 aliphatic carbocycles. The van der Waals surface area contributed by atoms with Crippen LogP contribution in [0.5, 0.6) is 23.1 Å². The van der Waals surface area contributed by atoms with E-state index in [0.29, 0.717) is 59.7 Å². The summed E-state index contributed by atoms with van der Waals surface area (Å²) in [5.41, 5.74) is 1.83. The van der Waals surface area contributed by atoms with Gasteiger partial charge in [-0.25, -0.2) is 4.98 Å². The molecule has 180 valence electrons. The largest absolute Gasteiger partial charge is 0.486 e. The Morgan fingerprint density at radius 3 is 2.77 bits per heavy atom. The predicted molar refractivity (Wildman–Crippen MR) is 131 cm³/mol. The molecule has 2 aliphatic heterocycles. The molecule has 1 atom stereocenters. The average Bonchev–Trinajstić information content (AvgIpc) is 2.98. The SMILES string of the molecule is CC(NC(=O)CCCN1C(=O)c2cccnc2Oc2ccc(Cl)cc21)c1ccc2c(c1)OCCO2. The summed E-state index contributed by atoms with van der Waals surface area (Å²) in [4.78, 5) is 31.8. The van der Waals surface area contributed by atoms with Crippen LogP contribution in [0.2, 0.25) is 5.02 Å². The number of carbonyl (C=O) groups excluding carboxylic acids is 2. The number of fused-ring (bicyclic) bond motifs is 3. The van der Waals surface area contributed by atoms with E-state index in [1.54, 1.807) is 41.4 Å². The second kappa shape index (κ2) is 9.84. The summed E-state index contributed by atoms with van der Waals surface area (Å²) < 4.78 is 17.1. The number of nitrogens with zero attached hydrogens (tertiary/aromatic N) is 2. The van der Waals surface area contributed by atoms with Crippen molar-refractivity contribution < 1.29 is 23.8 Å². The van der Waals surface area contributed by atoms with Crippen molar-refractivity contribution in [1.82, 2.24) is 10.3 Å². The Balaban J connectivity index is 1.25. The molecular weight excluding hydrogens is 470 g/mol. The lowest BCUT2D eigenvalue weighted by Gasteiger charge is -2.23. The van der Waals surface area contributed by atoms with Gasteiger partial charge in [0.1, 0.15) is 18.8 Å². The third-order valence-corrected chi connectivity index (χ3v) is 6.13. The van der Waals surface area contributed by atoms with E-state index < -0.39 is 0 Å². The molecule has 5 rings (SSSR count). The van der Waals surface area contributed by atoms with Crippen LogP contribution in [0.1, 0.15) is 41.7 Å². The maximum Gasteiger partial charge on any atom is 0.263 e. The molecule has 1 N–H and O–H groups in total. The highest BCUT2D eigenvalue weighted by Crippen LogP contribution is 2.39. The average molecular weight is 494 g/mol. The molecule has 35 heavy (non-hydrogen) atoms. The standard InChI is InChI=1S/C26H24ClN3O5/c1-16(17-6-8-22-23(14-17)34-13-12-33-22)29-24(31)5-3-11-30-20-15-18(27)7-9-21(20)35-25-19(26(30)32)4-2-10-28-25/h2,4,6-10,14-16H,3,5,11-13H2,1H3,(H,29,31). The maximum atomic E-state index is 13.3. The molecule has 2 aliphatic rings. The highest BCUT2D eigenvalue weighted by molar-refractivity contribution is 6.31. The normalized spacial score (nSPS) is 14.8. The van der Waals surface area contributed by atoms with Gasteiger partial charge in [0.05, 0.1) is 11.7 Å². The molecule has 0 saturated heterocycles. The zero-order chi connectivity index (χ0) is 24.4. The second-order valence-corrected chi connectivity index (χ2v) is 8.76. The first kappa shape index (κ1) is 23.0. The Kier molecular flexibility index (Phi) is 6.46. The van der Waals surface area contributed by atoms with Gasteiger partial charge in [-0.1, -0.05) is 17.7 Å². The number of anilines is 1. The number of pyridine rings is 1. The first-order valence-electron chi connectivity index (χ1n) is 11.4. The molecule has 0 spiro atoms. The number of benzene rings is 2. The number of halogens is 1. The number of ether oxygens (including phenoxy) is 3. The van der Waals surface area contributed by atoms with Gasteiger partial charge in [0.2, 0.25) is 11.8 Å². The van der Waals surface area contributed by atoms with Crippen molar-refractivity contribution in [2.24, 2.45) is 0 Å². The minimum atomic E-state index is -0.251. The molecular formula is C26H24ClN3O5. The lowest BCUT2D eigenvalue weighted by Crippen LogP contribution is -2.33. The Bertz CT molecular complexity index is 1280. The second-order valence-electron chi connectivity index (χ2n) is 8.32. The van der Waals surface area contributed by atoms with Crippen LogP contribution in [0.3, 0.4) is 0 Å². The van der Waals surface area contributed by atoms with Crippen molar-refractivity contribution in [2.45, 2.75) is 25.8 Å². The molecule has 9 heteroatoms. The van der Waals surface area contributed by atoms with Gasteiger partial charge in [-0.2, -0.15) is 0 Å². The number of hydrogen-bond acceptors (Lipinski definition) is 6. The summed E-state index contributed by atoms with van der Waals surface area (Å²) in [5, 5.41) is 3.50. The summed E-state index contributed by atoms with van der Waals surface area (Å²) in [7, 11) is 0. The van der Waals surface area contributed by atoms with Crippen LogP contribution in [0.25, 0.3) is 0 Å². The molecule has 1 unspecified atom stereocenters. The summed E-state index contributed by atoms with van der Waals surface area (Å²) in [6, 6.07) is 13.9. The molecule has 0 fully saturated rings. The summed E-state index contributed by atoms with van der Waals surface area (Å²) >= 11 is 6.21. The van der Waals surface area contributed by atoms with E-state index in [9.17, 15) is 9.59 Å². The van der Waals surface area contributed by atoms with E-state index in [0.717, 1.165) is 5.56 Å². The molecule has 0 bridgehead atoms. The molecule has 2 aromatic carbocycles. The first-order chi connectivity index (χ1) is 17.0. The third kappa shape index (κ3) is 4.88. The smallest absolute Gasteiger partial charge is 0.263 e. The number of amides is 2. The highest BCUT2D eigenvalue weighted by atomic mass is 35.5. The van der Waals surface area contributed by atoms with Gasteiger partial charge >= 0.3 is 0 Å². The van der Waals surface area contributed by atoms with Crippen LogP contribution in [-0.4, -0.2) is 36.6 Å². The Morgan fingerprint density at radius 2 is 1.91 bits per heavy atom. The molecule has 0 saturated carbocycles.